The summed E-state index contributed by atoms with van der Waals surface area (Å²) in [5.41, 5.74) is 5.39. The number of nitrogens with two attached hydrogens (primary N) is 1. The topological polar surface area (TPSA) is 69.4 Å². The largest absolute Gasteiger partial charge is 0.393 e. The normalized spacial score (nSPS) is 29.1. The van der Waals surface area contributed by atoms with Gasteiger partial charge in [-0.25, -0.2) is 12.8 Å². The first kappa shape index (κ1) is 15.3. The van der Waals surface area contributed by atoms with E-state index < -0.39 is 32.2 Å². The monoisotopic (exact) mass is 317 g/mol. The van der Waals surface area contributed by atoms with Crippen molar-refractivity contribution in [1.29, 1.82) is 0 Å². The van der Waals surface area contributed by atoms with Crippen LogP contribution in [0.3, 0.4) is 0 Å². The maximum Gasteiger partial charge on any atom is 0.152 e. The zero-order chi connectivity index (χ0) is 15.1. The molecular weight excluding hydrogens is 301 g/mol. The molecule has 1 aliphatic carbocycles. The molecular formula is C13H16FNO3S2. The number of ether oxygens (including phenoxy) is 1. The summed E-state index contributed by atoms with van der Waals surface area (Å²) in [4.78, 5) is 0.0871. The molecule has 1 aromatic carbocycles. The van der Waals surface area contributed by atoms with E-state index in [4.69, 9.17) is 22.7 Å². The summed E-state index contributed by atoms with van der Waals surface area (Å²) in [6.07, 6.45) is 1.14. The van der Waals surface area contributed by atoms with Gasteiger partial charge in [0.1, 0.15) is 5.82 Å². The van der Waals surface area contributed by atoms with Gasteiger partial charge in [0.25, 0.3) is 0 Å². The maximum atomic E-state index is 13.4. The van der Waals surface area contributed by atoms with Crippen molar-refractivity contribution < 1.29 is 17.5 Å². The van der Waals surface area contributed by atoms with E-state index in [2.05, 4.69) is 0 Å². The highest BCUT2D eigenvalue weighted by atomic mass is 32.2. The Balaban J connectivity index is 2.53. The predicted molar refractivity (Wildman–Crippen MR) is 78.9 cm³/mol. The third-order valence-corrected chi connectivity index (χ3v) is 5.76. The van der Waals surface area contributed by atoms with Gasteiger partial charge in [0.05, 0.1) is 22.3 Å². The molecule has 1 saturated carbocycles. The molecule has 1 aromatic rings. The van der Waals surface area contributed by atoms with Gasteiger partial charge in [-0.2, -0.15) is 0 Å². The molecule has 3 atom stereocenters. The number of thiocarbonyl (C=S) groups is 1. The molecule has 1 aliphatic rings. The van der Waals surface area contributed by atoms with Crippen LogP contribution < -0.4 is 5.73 Å². The zero-order valence-corrected chi connectivity index (χ0v) is 12.8. The highest BCUT2D eigenvalue weighted by Gasteiger charge is 2.71. The Hall–Kier alpha value is -1.05. The summed E-state index contributed by atoms with van der Waals surface area (Å²) in [5, 5.41) is -0.769. The molecule has 4 nitrogen and oxygen atoms in total. The van der Waals surface area contributed by atoms with E-state index in [1.807, 2.05) is 0 Å². The van der Waals surface area contributed by atoms with Gasteiger partial charge >= 0.3 is 0 Å². The first-order chi connectivity index (χ1) is 9.25. The summed E-state index contributed by atoms with van der Waals surface area (Å²) in [6.45, 7) is 0.0985. The highest BCUT2D eigenvalue weighted by Crippen LogP contribution is 2.63. The first-order valence-electron chi connectivity index (χ1n) is 5.98. The lowest BCUT2D eigenvalue weighted by molar-refractivity contribution is 0.166. The van der Waals surface area contributed by atoms with Gasteiger partial charge in [0.15, 0.2) is 9.84 Å². The fourth-order valence-corrected chi connectivity index (χ4v) is 5.29. The Morgan fingerprint density at radius 2 is 2.20 bits per heavy atom. The Morgan fingerprint density at radius 1 is 1.55 bits per heavy atom. The average molecular weight is 317 g/mol. The van der Waals surface area contributed by atoms with Crippen LogP contribution in [0.5, 0.6) is 0 Å². The standard InChI is InChI=1S/C13H16FNO3S2/c1-18-7-13(12(15)19)10(11(13)20(2,16)17)8-4-3-5-9(14)6-8/h3-6,10-11H,7H2,1-2H3,(H2,15,19)/t10-,11-,13+/m0/s1. The van der Waals surface area contributed by atoms with E-state index in [0.29, 0.717) is 5.56 Å². The van der Waals surface area contributed by atoms with Gasteiger partial charge in [0.2, 0.25) is 0 Å². The molecule has 0 saturated heterocycles. The Bertz CT molecular complexity index is 647. The first-order valence-corrected chi connectivity index (χ1v) is 8.34. The summed E-state index contributed by atoms with van der Waals surface area (Å²) in [6, 6.07) is 5.85. The number of hydrogen-bond donors (Lipinski definition) is 1. The molecule has 0 bridgehead atoms. The molecule has 0 spiro atoms. The predicted octanol–water partition coefficient (Wildman–Crippen LogP) is 1.26. The van der Waals surface area contributed by atoms with Gasteiger partial charge in [0, 0.05) is 19.3 Å². The van der Waals surface area contributed by atoms with Crippen molar-refractivity contribution in [3.63, 3.8) is 0 Å². The van der Waals surface area contributed by atoms with Crippen molar-refractivity contribution in [1.82, 2.24) is 0 Å². The molecule has 20 heavy (non-hydrogen) atoms. The number of rotatable bonds is 5. The number of methoxy groups -OCH3 is 1. The molecule has 0 unspecified atom stereocenters. The Kier molecular flexibility index (Phi) is 3.88. The number of halogens is 1. The van der Waals surface area contributed by atoms with Crippen LogP contribution in [0.25, 0.3) is 0 Å². The van der Waals surface area contributed by atoms with Gasteiger partial charge in [-0.1, -0.05) is 24.4 Å². The van der Waals surface area contributed by atoms with Crippen LogP contribution in [0.15, 0.2) is 24.3 Å². The molecule has 2 N–H and O–H groups in total. The lowest BCUT2D eigenvalue weighted by Gasteiger charge is -2.15. The van der Waals surface area contributed by atoms with Crippen molar-refractivity contribution in [2.75, 3.05) is 20.0 Å². The fraction of sp³-hybridized carbons (Fsp3) is 0.462. The van der Waals surface area contributed by atoms with Gasteiger partial charge in [-0.05, 0) is 17.7 Å². The minimum atomic E-state index is -3.38. The summed E-state index contributed by atoms with van der Waals surface area (Å²) < 4.78 is 42.5. The maximum absolute atomic E-state index is 13.4. The summed E-state index contributed by atoms with van der Waals surface area (Å²) >= 11 is 5.06. The second-order valence-corrected chi connectivity index (χ2v) is 7.73. The number of sulfone groups is 1. The molecule has 1 fully saturated rings. The minimum absolute atomic E-state index is 0.0871. The quantitative estimate of drug-likeness (QED) is 0.828. The van der Waals surface area contributed by atoms with Gasteiger partial charge in [-0.15, -0.1) is 0 Å². The molecule has 0 radical (unpaired) electrons. The van der Waals surface area contributed by atoms with E-state index in [0.717, 1.165) is 6.26 Å². The number of hydrogen-bond acceptors (Lipinski definition) is 4. The van der Waals surface area contributed by atoms with E-state index >= 15 is 0 Å². The van der Waals surface area contributed by atoms with Crippen molar-refractivity contribution in [2.24, 2.45) is 11.1 Å². The molecule has 7 heteroatoms. The Morgan fingerprint density at radius 3 is 2.65 bits per heavy atom. The molecule has 110 valence electrons. The van der Waals surface area contributed by atoms with Gasteiger partial charge < -0.3 is 10.5 Å². The van der Waals surface area contributed by atoms with Crippen LogP contribution in [0.1, 0.15) is 11.5 Å². The lowest BCUT2D eigenvalue weighted by Crippen LogP contribution is -2.32. The SMILES string of the molecule is COC[C@@]1(C(N)=S)[C@@H](c2cccc(F)c2)[C@@H]1S(C)(=O)=O. The van der Waals surface area contributed by atoms with E-state index in [-0.39, 0.29) is 11.6 Å². The van der Waals surface area contributed by atoms with Gasteiger partial charge in [-0.3, -0.25) is 0 Å². The fourth-order valence-electron chi connectivity index (χ4n) is 2.98. The van der Waals surface area contributed by atoms with Crippen molar-refractivity contribution in [2.45, 2.75) is 11.2 Å². The molecule has 0 aromatic heterocycles. The van der Waals surface area contributed by atoms with E-state index in [1.165, 1.54) is 19.2 Å². The summed E-state index contributed by atoms with van der Waals surface area (Å²) in [5.74, 6) is -0.887. The molecule has 0 amide bonds. The van der Waals surface area contributed by atoms with Crippen molar-refractivity contribution in [3.8, 4) is 0 Å². The van der Waals surface area contributed by atoms with Crippen LogP contribution in [0.4, 0.5) is 4.39 Å². The van der Waals surface area contributed by atoms with Crippen LogP contribution in [0.2, 0.25) is 0 Å². The second kappa shape index (κ2) is 5.05. The van der Waals surface area contributed by atoms with Crippen LogP contribution in [-0.2, 0) is 14.6 Å². The third-order valence-electron chi connectivity index (χ3n) is 3.77. The van der Waals surface area contributed by atoms with Crippen LogP contribution in [-0.4, -0.2) is 38.6 Å². The van der Waals surface area contributed by atoms with Crippen molar-refractivity contribution >= 4 is 27.0 Å². The third kappa shape index (κ3) is 2.34. The van der Waals surface area contributed by atoms with E-state index in [1.54, 1.807) is 12.1 Å². The number of benzene rings is 1. The lowest BCUT2D eigenvalue weighted by atomic mass is 10.00. The molecule has 0 heterocycles. The summed E-state index contributed by atoms with van der Waals surface area (Å²) in [7, 11) is -1.93. The molecule has 0 aliphatic heterocycles. The Labute approximate surface area is 123 Å². The molecule has 2 rings (SSSR count). The minimum Gasteiger partial charge on any atom is -0.393 e. The highest BCUT2D eigenvalue weighted by molar-refractivity contribution is 7.92. The van der Waals surface area contributed by atoms with Crippen molar-refractivity contribution in [3.05, 3.63) is 35.6 Å². The van der Waals surface area contributed by atoms with Crippen LogP contribution in [0, 0.1) is 11.2 Å². The van der Waals surface area contributed by atoms with Crippen LogP contribution >= 0.6 is 12.2 Å². The smallest absolute Gasteiger partial charge is 0.152 e. The average Bonchev–Trinajstić information content (AvgIpc) is 3.00. The second-order valence-electron chi connectivity index (χ2n) is 5.12. The zero-order valence-electron chi connectivity index (χ0n) is 11.2. The van der Waals surface area contributed by atoms with E-state index in [9.17, 15) is 12.8 Å².